The molecule has 0 fully saturated rings. The van der Waals surface area contributed by atoms with Crippen molar-refractivity contribution in [3.63, 3.8) is 0 Å². The molecule has 1 aromatic carbocycles. The average molecular weight is 528 g/mol. The number of carbonyl (C=O) groups is 2. The monoisotopic (exact) mass is 526 g/mol. The molecule has 0 radical (unpaired) electrons. The van der Waals surface area contributed by atoms with Crippen LogP contribution in [0.1, 0.15) is 16.5 Å². The highest BCUT2D eigenvalue weighted by Gasteiger charge is 2.15. The molecule has 2 N–H and O–H groups in total. The molecule has 0 aliphatic carbocycles. The van der Waals surface area contributed by atoms with E-state index in [-0.39, 0.29) is 38.0 Å². The zero-order valence-corrected chi connectivity index (χ0v) is 18.1. The van der Waals surface area contributed by atoms with E-state index in [1.165, 1.54) is 0 Å². The number of rotatable bonds is 9. The van der Waals surface area contributed by atoms with Crippen LogP contribution < -0.4 is 15.4 Å². The van der Waals surface area contributed by atoms with Crippen LogP contribution in [0.2, 0.25) is 0 Å². The lowest BCUT2D eigenvalue weighted by Crippen LogP contribution is -2.36. The fourth-order valence-corrected chi connectivity index (χ4v) is 2.76. The average Bonchev–Trinajstić information content (AvgIpc) is 3.34. The number of amides is 2. The van der Waals surface area contributed by atoms with Crippen molar-refractivity contribution in [2.75, 3.05) is 19.7 Å². The van der Waals surface area contributed by atoms with Crippen molar-refractivity contribution >= 4 is 43.7 Å². The minimum Gasteiger partial charge on any atom is -0.484 e. The van der Waals surface area contributed by atoms with Crippen LogP contribution in [-0.4, -0.2) is 51.4 Å². The number of halogens is 2. The van der Waals surface area contributed by atoms with E-state index in [1.54, 1.807) is 29.2 Å². The Labute approximate surface area is 182 Å². The minimum atomic E-state index is -0.522. The summed E-state index contributed by atoms with van der Waals surface area (Å²) in [6, 6.07) is 7.14. The van der Waals surface area contributed by atoms with Gasteiger partial charge in [-0.15, -0.1) is 0 Å². The Balaban J connectivity index is 1.34. The SMILES string of the molecule is O=C(COc1ccc(Br)cc1)NCCNC(=O)c1nc(Cn2cc(Br)cn2)no1. The maximum Gasteiger partial charge on any atom is 0.316 e. The Bertz CT molecular complexity index is 972. The fraction of sp³-hybridized carbons (Fsp3) is 0.235. The van der Waals surface area contributed by atoms with Gasteiger partial charge in [-0.3, -0.25) is 14.3 Å². The van der Waals surface area contributed by atoms with Crippen LogP contribution in [0.15, 0.2) is 50.1 Å². The molecule has 0 spiro atoms. The number of benzene rings is 1. The third-order valence-electron chi connectivity index (χ3n) is 3.48. The molecule has 0 aliphatic rings. The van der Waals surface area contributed by atoms with Gasteiger partial charge in [-0.25, -0.2) is 0 Å². The van der Waals surface area contributed by atoms with Crippen molar-refractivity contribution in [1.82, 2.24) is 30.6 Å². The Morgan fingerprint density at radius 2 is 1.86 bits per heavy atom. The van der Waals surface area contributed by atoms with Gasteiger partial charge in [0.25, 0.3) is 5.91 Å². The Morgan fingerprint density at radius 3 is 2.59 bits per heavy atom. The summed E-state index contributed by atoms with van der Waals surface area (Å²) in [6.07, 6.45) is 3.38. The van der Waals surface area contributed by atoms with Crippen molar-refractivity contribution in [3.8, 4) is 5.75 Å². The maximum atomic E-state index is 12.0. The van der Waals surface area contributed by atoms with Crippen LogP contribution in [0.3, 0.4) is 0 Å². The molecule has 0 saturated heterocycles. The molecule has 0 bridgehead atoms. The quantitative estimate of drug-likeness (QED) is 0.406. The summed E-state index contributed by atoms with van der Waals surface area (Å²) < 4.78 is 13.6. The maximum absolute atomic E-state index is 12.0. The first-order chi connectivity index (χ1) is 14.0. The summed E-state index contributed by atoms with van der Waals surface area (Å²) in [5.41, 5.74) is 0. The van der Waals surface area contributed by atoms with Crippen molar-refractivity contribution in [2.45, 2.75) is 6.54 Å². The molecule has 3 aromatic rings. The molecule has 3 rings (SSSR count). The third-order valence-corrected chi connectivity index (χ3v) is 4.42. The summed E-state index contributed by atoms with van der Waals surface area (Å²) in [5, 5.41) is 13.1. The van der Waals surface area contributed by atoms with Gasteiger partial charge in [-0.1, -0.05) is 21.1 Å². The molecule has 10 nitrogen and oxygen atoms in total. The van der Waals surface area contributed by atoms with E-state index in [0.717, 1.165) is 8.95 Å². The largest absolute Gasteiger partial charge is 0.484 e. The number of ether oxygens (including phenoxy) is 1. The Morgan fingerprint density at radius 1 is 1.10 bits per heavy atom. The van der Waals surface area contributed by atoms with Gasteiger partial charge < -0.3 is 19.9 Å². The molecule has 0 aliphatic heterocycles. The van der Waals surface area contributed by atoms with E-state index in [9.17, 15) is 9.59 Å². The molecule has 2 aromatic heterocycles. The lowest BCUT2D eigenvalue weighted by atomic mass is 10.3. The van der Waals surface area contributed by atoms with E-state index < -0.39 is 5.91 Å². The molecule has 152 valence electrons. The lowest BCUT2D eigenvalue weighted by Gasteiger charge is -2.07. The van der Waals surface area contributed by atoms with Crippen molar-refractivity contribution in [2.24, 2.45) is 0 Å². The normalized spacial score (nSPS) is 10.6. The second kappa shape index (κ2) is 10.2. The van der Waals surface area contributed by atoms with E-state index in [4.69, 9.17) is 9.26 Å². The van der Waals surface area contributed by atoms with Gasteiger partial charge in [0, 0.05) is 23.8 Å². The van der Waals surface area contributed by atoms with E-state index in [2.05, 4.69) is 57.7 Å². The number of carbonyl (C=O) groups excluding carboxylic acids is 2. The summed E-state index contributed by atoms with van der Waals surface area (Å²) >= 11 is 6.62. The molecule has 0 unspecified atom stereocenters. The number of hydrogen-bond acceptors (Lipinski definition) is 7. The predicted molar refractivity (Wildman–Crippen MR) is 108 cm³/mol. The summed E-state index contributed by atoms with van der Waals surface area (Å²) in [4.78, 5) is 27.8. The van der Waals surface area contributed by atoms with Gasteiger partial charge >= 0.3 is 11.8 Å². The first-order valence-electron chi connectivity index (χ1n) is 8.43. The zero-order valence-electron chi connectivity index (χ0n) is 15.0. The third kappa shape index (κ3) is 6.68. The smallest absolute Gasteiger partial charge is 0.316 e. The molecule has 29 heavy (non-hydrogen) atoms. The molecule has 0 saturated carbocycles. The molecular weight excluding hydrogens is 512 g/mol. The van der Waals surface area contributed by atoms with Crippen LogP contribution in [0.25, 0.3) is 0 Å². The Hall–Kier alpha value is -2.73. The second-order valence-corrected chi connectivity index (χ2v) is 7.55. The number of nitrogens with zero attached hydrogens (tertiary/aromatic N) is 4. The van der Waals surface area contributed by atoms with E-state index in [0.29, 0.717) is 11.6 Å². The summed E-state index contributed by atoms with van der Waals surface area (Å²) in [7, 11) is 0. The summed E-state index contributed by atoms with van der Waals surface area (Å²) in [5.74, 6) is -0.0648. The molecule has 2 heterocycles. The number of hydrogen-bond donors (Lipinski definition) is 2. The Kier molecular flexibility index (Phi) is 7.36. The molecule has 2 amide bonds. The zero-order chi connectivity index (χ0) is 20.6. The van der Waals surface area contributed by atoms with Crippen LogP contribution >= 0.6 is 31.9 Å². The standard InChI is InChI=1S/C17H16Br2N6O4/c18-11-1-3-13(4-2-11)28-10-15(26)20-5-6-21-16(27)17-23-14(24-29-17)9-25-8-12(19)7-22-25/h1-4,7-8H,5-6,9-10H2,(H,20,26)(H,21,27). The lowest BCUT2D eigenvalue weighted by molar-refractivity contribution is -0.123. The van der Waals surface area contributed by atoms with Gasteiger partial charge in [0.05, 0.1) is 10.7 Å². The van der Waals surface area contributed by atoms with Crippen molar-refractivity contribution < 1.29 is 18.8 Å². The van der Waals surface area contributed by atoms with Crippen LogP contribution in [0.4, 0.5) is 0 Å². The highest BCUT2D eigenvalue weighted by molar-refractivity contribution is 9.10. The predicted octanol–water partition coefficient (Wildman–Crippen LogP) is 1.76. The van der Waals surface area contributed by atoms with Gasteiger partial charge in [0.15, 0.2) is 12.4 Å². The van der Waals surface area contributed by atoms with Crippen molar-refractivity contribution in [3.05, 3.63) is 57.3 Å². The molecule has 12 heteroatoms. The van der Waals surface area contributed by atoms with E-state index >= 15 is 0 Å². The number of nitrogens with one attached hydrogen (secondary N) is 2. The number of aromatic nitrogens is 4. The first kappa shape index (κ1) is 21.0. The highest BCUT2D eigenvalue weighted by Crippen LogP contribution is 2.15. The van der Waals surface area contributed by atoms with Gasteiger partial charge in [-0.05, 0) is 40.2 Å². The van der Waals surface area contributed by atoms with Crippen LogP contribution in [0.5, 0.6) is 5.75 Å². The molecular formula is C17H16Br2N6O4. The van der Waals surface area contributed by atoms with Gasteiger partial charge in [-0.2, -0.15) is 10.1 Å². The van der Waals surface area contributed by atoms with Crippen molar-refractivity contribution in [1.29, 1.82) is 0 Å². The van der Waals surface area contributed by atoms with E-state index in [1.807, 2.05) is 12.1 Å². The van der Waals surface area contributed by atoms with Gasteiger partial charge in [0.2, 0.25) is 0 Å². The van der Waals surface area contributed by atoms with Crippen LogP contribution in [-0.2, 0) is 11.3 Å². The van der Waals surface area contributed by atoms with Gasteiger partial charge in [0.1, 0.15) is 12.3 Å². The van der Waals surface area contributed by atoms with Crippen LogP contribution in [0, 0.1) is 0 Å². The fourth-order valence-electron chi connectivity index (χ4n) is 2.16. The summed E-state index contributed by atoms with van der Waals surface area (Å²) in [6.45, 7) is 0.589. The minimum absolute atomic E-state index is 0.119. The first-order valence-corrected chi connectivity index (χ1v) is 10.0. The molecule has 0 atom stereocenters. The highest BCUT2D eigenvalue weighted by atomic mass is 79.9. The topological polar surface area (TPSA) is 124 Å². The second-order valence-electron chi connectivity index (χ2n) is 5.72.